The van der Waals surface area contributed by atoms with E-state index in [2.05, 4.69) is 18.0 Å². The van der Waals surface area contributed by atoms with E-state index < -0.39 is 0 Å². The second kappa shape index (κ2) is 4.14. The van der Waals surface area contributed by atoms with Gasteiger partial charge in [0.05, 0.1) is 0 Å². The van der Waals surface area contributed by atoms with E-state index in [9.17, 15) is 0 Å². The zero-order valence-electron chi connectivity index (χ0n) is 6.42. The van der Waals surface area contributed by atoms with Gasteiger partial charge in [-0.05, 0) is 18.1 Å². The highest BCUT2D eigenvalue weighted by Crippen LogP contribution is 2.06. The second-order valence-corrected chi connectivity index (χ2v) is 2.61. The molecule has 0 bridgehead atoms. The van der Waals surface area contributed by atoms with E-state index in [4.69, 9.17) is 11.6 Å². The molecule has 0 aromatic carbocycles. The lowest BCUT2D eigenvalue weighted by Crippen LogP contribution is -1.75. The summed E-state index contributed by atoms with van der Waals surface area (Å²) in [6.45, 7) is 2.10. The van der Waals surface area contributed by atoms with Crippen LogP contribution in [-0.4, -0.2) is 4.98 Å². The van der Waals surface area contributed by atoms with Crippen LogP contribution in [0.15, 0.2) is 24.4 Å². The molecule has 58 valence electrons. The van der Waals surface area contributed by atoms with Gasteiger partial charge in [0, 0.05) is 6.20 Å². The predicted octanol–water partition coefficient (Wildman–Crippen LogP) is 3.16. The molecule has 0 radical (unpaired) electrons. The molecule has 11 heavy (non-hydrogen) atoms. The van der Waals surface area contributed by atoms with Gasteiger partial charge in [-0.2, -0.15) is 0 Å². The highest BCUT2D eigenvalue weighted by Gasteiger charge is 1.86. The fourth-order valence-electron chi connectivity index (χ4n) is 0.740. The molecule has 0 aliphatic carbocycles. The lowest BCUT2D eigenvalue weighted by Gasteiger charge is -1.91. The monoisotopic (exact) mass is 167 g/mol. The average Bonchev–Trinajstić information content (AvgIpc) is 2.04. The summed E-state index contributed by atoms with van der Waals surface area (Å²) in [5.74, 6) is 0. The van der Waals surface area contributed by atoms with Gasteiger partial charge in [-0.25, -0.2) is 4.98 Å². The minimum absolute atomic E-state index is 0.540. The Morgan fingerprint density at radius 1 is 1.55 bits per heavy atom. The molecule has 1 rings (SSSR count). The van der Waals surface area contributed by atoms with Gasteiger partial charge < -0.3 is 0 Å². The van der Waals surface area contributed by atoms with Gasteiger partial charge in [0.1, 0.15) is 5.15 Å². The normalized spacial score (nSPS) is 10.7. The highest BCUT2D eigenvalue weighted by atomic mass is 35.5. The Labute approximate surface area is 71.7 Å². The van der Waals surface area contributed by atoms with Crippen LogP contribution in [0.3, 0.4) is 0 Å². The topological polar surface area (TPSA) is 12.9 Å². The highest BCUT2D eigenvalue weighted by molar-refractivity contribution is 6.29. The quantitative estimate of drug-likeness (QED) is 0.617. The summed E-state index contributed by atoms with van der Waals surface area (Å²) < 4.78 is 0. The Morgan fingerprint density at radius 3 is 2.91 bits per heavy atom. The molecule has 0 fully saturated rings. The van der Waals surface area contributed by atoms with E-state index in [-0.39, 0.29) is 0 Å². The zero-order valence-corrected chi connectivity index (χ0v) is 7.17. The summed E-state index contributed by atoms with van der Waals surface area (Å²) >= 11 is 5.61. The third-order valence-corrected chi connectivity index (χ3v) is 1.52. The summed E-state index contributed by atoms with van der Waals surface area (Å²) in [5.41, 5.74) is 1.09. The van der Waals surface area contributed by atoms with E-state index in [0.29, 0.717) is 5.15 Å². The summed E-state index contributed by atoms with van der Waals surface area (Å²) in [7, 11) is 0. The van der Waals surface area contributed by atoms with Crippen molar-refractivity contribution in [1.82, 2.24) is 4.98 Å². The first kappa shape index (κ1) is 8.28. The third kappa shape index (κ3) is 2.72. The van der Waals surface area contributed by atoms with Crippen LogP contribution < -0.4 is 0 Å². The minimum Gasteiger partial charge on any atom is -0.244 e. The van der Waals surface area contributed by atoms with Gasteiger partial charge in [0.15, 0.2) is 0 Å². The van der Waals surface area contributed by atoms with Crippen LogP contribution in [-0.2, 0) is 0 Å². The molecular weight excluding hydrogens is 158 g/mol. The van der Waals surface area contributed by atoms with Gasteiger partial charge in [-0.1, -0.05) is 36.7 Å². The predicted molar refractivity (Wildman–Crippen MR) is 48.6 cm³/mol. The Balaban J connectivity index is 2.73. The third-order valence-electron chi connectivity index (χ3n) is 1.30. The Hall–Kier alpha value is -0.820. The van der Waals surface area contributed by atoms with E-state index in [0.717, 1.165) is 12.0 Å². The first-order valence-electron chi connectivity index (χ1n) is 3.61. The summed E-state index contributed by atoms with van der Waals surface area (Å²) in [6, 6.07) is 3.73. The van der Waals surface area contributed by atoms with E-state index in [1.807, 2.05) is 12.1 Å². The summed E-state index contributed by atoms with van der Waals surface area (Å²) in [5, 5.41) is 0.540. The molecule has 0 spiro atoms. The van der Waals surface area contributed by atoms with Crippen molar-refractivity contribution in [2.24, 2.45) is 0 Å². The number of pyridine rings is 1. The van der Waals surface area contributed by atoms with E-state index in [1.54, 1.807) is 12.3 Å². The van der Waals surface area contributed by atoms with Gasteiger partial charge in [0.25, 0.3) is 0 Å². The second-order valence-electron chi connectivity index (χ2n) is 2.22. The van der Waals surface area contributed by atoms with E-state index in [1.165, 1.54) is 0 Å². The first-order valence-corrected chi connectivity index (χ1v) is 3.99. The summed E-state index contributed by atoms with van der Waals surface area (Å²) in [6.07, 6.45) is 6.92. The van der Waals surface area contributed by atoms with Crippen molar-refractivity contribution in [3.05, 3.63) is 35.1 Å². The molecule has 0 saturated heterocycles. The smallest absolute Gasteiger partial charge is 0.129 e. The standard InChI is InChI=1S/C9H10ClN/c1-2-3-4-8-5-6-9(10)11-7-8/h3-7H,2H2,1H3/b4-3+. The van der Waals surface area contributed by atoms with Gasteiger partial charge >= 0.3 is 0 Å². The van der Waals surface area contributed by atoms with Crippen molar-refractivity contribution >= 4 is 17.7 Å². The van der Waals surface area contributed by atoms with Gasteiger partial charge in [0.2, 0.25) is 0 Å². The molecule has 0 aliphatic heterocycles. The average molecular weight is 168 g/mol. The Morgan fingerprint density at radius 2 is 2.36 bits per heavy atom. The maximum Gasteiger partial charge on any atom is 0.129 e. The Bertz CT molecular complexity index is 238. The molecule has 1 aromatic heterocycles. The molecule has 0 saturated carbocycles. The van der Waals surface area contributed by atoms with Crippen molar-refractivity contribution in [2.45, 2.75) is 13.3 Å². The minimum atomic E-state index is 0.540. The van der Waals surface area contributed by atoms with Crippen molar-refractivity contribution in [3.8, 4) is 0 Å². The van der Waals surface area contributed by atoms with Crippen molar-refractivity contribution in [2.75, 3.05) is 0 Å². The molecule has 1 nitrogen and oxygen atoms in total. The maximum absolute atomic E-state index is 5.61. The zero-order chi connectivity index (χ0) is 8.10. The Kier molecular flexibility index (Phi) is 3.12. The van der Waals surface area contributed by atoms with Crippen LogP contribution in [0.2, 0.25) is 5.15 Å². The number of nitrogens with zero attached hydrogens (tertiary/aromatic N) is 1. The molecule has 0 aliphatic rings. The van der Waals surface area contributed by atoms with Crippen LogP contribution in [0.4, 0.5) is 0 Å². The van der Waals surface area contributed by atoms with Crippen molar-refractivity contribution < 1.29 is 0 Å². The largest absolute Gasteiger partial charge is 0.244 e. The number of halogens is 1. The van der Waals surface area contributed by atoms with Crippen molar-refractivity contribution in [1.29, 1.82) is 0 Å². The SMILES string of the molecule is CC/C=C/c1ccc(Cl)nc1. The molecule has 2 heteroatoms. The fourth-order valence-corrected chi connectivity index (χ4v) is 0.852. The molecule has 0 amide bonds. The molecule has 0 unspecified atom stereocenters. The van der Waals surface area contributed by atoms with Crippen LogP contribution in [0, 0.1) is 0 Å². The first-order chi connectivity index (χ1) is 5.33. The van der Waals surface area contributed by atoms with Gasteiger partial charge in [-0.3, -0.25) is 0 Å². The lowest BCUT2D eigenvalue weighted by molar-refractivity contribution is 1.23. The van der Waals surface area contributed by atoms with Crippen LogP contribution in [0.5, 0.6) is 0 Å². The molecular formula is C9H10ClN. The number of hydrogen-bond donors (Lipinski definition) is 0. The number of allylic oxidation sites excluding steroid dienone is 1. The summed E-state index contributed by atoms with van der Waals surface area (Å²) in [4.78, 5) is 3.95. The van der Waals surface area contributed by atoms with E-state index >= 15 is 0 Å². The maximum atomic E-state index is 5.61. The van der Waals surface area contributed by atoms with Crippen LogP contribution in [0.1, 0.15) is 18.9 Å². The molecule has 0 atom stereocenters. The van der Waals surface area contributed by atoms with Crippen LogP contribution in [0.25, 0.3) is 6.08 Å². The lowest BCUT2D eigenvalue weighted by atomic mass is 10.2. The number of aromatic nitrogens is 1. The molecule has 1 heterocycles. The number of hydrogen-bond acceptors (Lipinski definition) is 1. The van der Waals surface area contributed by atoms with Gasteiger partial charge in [-0.15, -0.1) is 0 Å². The van der Waals surface area contributed by atoms with Crippen LogP contribution >= 0.6 is 11.6 Å². The fraction of sp³-hybridized carbons (Fsp3) is 0.222. The molecule has 1 aromatic rings. The van der Waals surface area contributed by atoms with Crippen molar-refractivity contribution in [3.63, 3.8) is 0 Å². The number of rotatable bonds is 2. The molecule has 0 N–H and O–H groups in total.